The molecule has 1 aromatic rings. The zero-order valence-corrected chi connectivity index (χ0v) is 8.01. The Balaban J connectivity index is 2.11. The summed E-state index contributed by atoms with van der Waals surface area (Å²) in [5.41, 5.74) is 0. The first-order valence-corrected chi connectivity index (χ1v) is 4.59. The van der Waals surface area contributed by atoms with Crippen LogP contribution in [0.1, 0.15) is 6.92 Å². The molecule has 0 spiro atoms. The summed E-state index contributed by atoms with van der Waals surface area (Å²) in [6.07, 6.45) is 1.71. The van der Waals surface area contributed by atoms with Gasteiger partial charge >= 0.3 is 0 Å². The van der Waals surface area contributed by atoms with Gasteiger partial charge in [-0.15, -0.1) is 0 Å². The van der Waals surface area contributed by atoms with Crippen molar-refractivity contribution < 1.29 is 5.11 Å². The summed E-state index contributed by atoms with van der Waals surface area (Å²) in [7, 11) is 1.90. The van der Waals surface area contributed by atoms with Crippen molar-refractivity contribution in [3.63, 3.8) is 0 Å². The average molecular weight is 181 g/mol. The van der Waals surface area contributed by atoms with Crippen molar-refractivity contribution in [3.05, 3.63) is 12.3 Å². The first-order valence-electron chi connectivity index (χ1n) is 4.59. The van der Waals surface area contributed by atoms with Gasteiger partial charge in [-0.2, -0.15) is 5.10 Å². The van der Waals surface area contributed by atoms with Crippen molar-refractivity contribution in [2.45, 2.75) is 13.0 Å². The molecular weight excluding hydrogens is 166 g/mol. The predicted octanol–water partition coefficient (Wildman–Crippen LogP) is 0.237. The minimum atomic E-state index is -0.206. The van der Waals surface area contributed by atoms with E-state index >= 15 is 0 Å². The van der Waals surface area contributed by atoms with Crippen molar-refractivity contribution >= 4 is 5.82 Å². The van der Waals surface area contributed by atoms with Crippen molar-refractivity contribution in [1.29, 1.82) is 0 Å². The number of aromatic nitrogens is 2. The van der Waals surface area contributed by atoms with E-state index in [1.165, 1.54) is 0 Å². The highest BCUT2D eigenvalue weighted by Crippen LogP contribution is 2.21. The SMILES string of the molecule is CC1CN(c2ccn(C)n2)CC1O. The molecule has 2 rings (SSSR count). The molecule has 1 aromatic heterocycles. The molecule has 0 bridgehead atoms. The summed E-state index contributed by atoms with van der Waals surface area (Å²) < 4.78 is 1.78. The van der Waals surface area contributed by atoms with E-state index in [0.29, 0.717) is 12.5 Å². The quantitative estimate of drug-likeness (QED) is 0.674. The van der Waals surface area contributed by atoms with Crippen LogP contribution < -0.4 is 4.90 Å². The maximum absolute atomic E-state index is 9.56. The standard InChI is InChI=1S/C9H15N3O/c1-7-5-12(6-8(7)13)9-3-4-11(2)10-9/h3-4,7-8,13H,5-6H2,1-2H3. The molecule has 1 fully saturated rings. The van der Waals surface area contributed by atoms with E-state index in [2.05, 4.69) is 16.9 Å². The Morgan fingerprint density at radius 2 is 2.31 bits per heavy atom. The Bertz CT molecular complexity index is 287. The van der Waals surface area contributed by atoms with E-state index in [1.807, 2.05) is 19.3 Å². The van der Waals surface area contributed by atoms with Crippen LogP contribution in [0.5, 0.6) is 0 Å². The molecule has 2 heterocycles. The van der Waals surface area contributed by atoms with Gasteiger partial charge in [-0.05, 0) is 0 Å². The molecule has 4 heteroatoms. The van der Waals surface area contributed by atoms with Gasteiger partial charge < -0.3 is 10.0 Å². The molecule has 1 aliphatic heterocycles. The van der Waals surface area contributed by atoms with E-state index in [1.54, 1.807) is 4.68 Å². The van der Waals surface area contributed by atoms with Crippen LogP contribution in [0.2, 0.25) is 0 Å². The summed E-state index contributed by atoms with van der Waals surface area (Å²) >= 11 is 0. The molecule has 13 heavy (non-hydrogen) atoms. The summed E-state index contributed by atoms with van der Waals surface area (Å²) in [4.78, 5) is 2.12. The molecule has 0 saturated carbocycles. The van der Waals surface area contributed by atoms with Gasteiger partial charge in [0.1, 0.15) is 0 Å². The zero-order valence-electron chi connectivity index (χ0n) is 8.01. The highest BCUT2D eigenvalue weighted by molar-refractivity contribution is 5.38. The van der Waals surface area contributed by atoms with Crippen LogP contribution in [0.4, 0.5) is 5.82 Å². The fourth-order valence-electron chi connectivity index (χ4n) is 1.71. The second kappa shape index (κ2) is 3.03. The van der Waals surface area contributed by atoms with Crippen LogP contribution in [0.3, 0.4) is 0 Å². The van der Waals surface area contributed by atoms with E-state index < -0.39 is 0 Å². The molecule has 0 amide bonds. The van der Waals surface area contributed by atoms with E-state index in [9.17, 15) is 5.11 Å². The predicted molar refractivity (Wildman–Crippen MR) is 50.6 cm³/mol. The van der Waals surface area contributed by atoms with Crippen LogP contribution in [0.15, 0.2) is 12.3 Å². The first kappa shape index (κ1) is 8.56. The van der Waals surface area contributed by atoms with Gasteiger partial charge in [0.05, 0.1) is 6.10 Å². The summed E-state index contributed by atoms with van der Waals surface area (Å²) in [6.45, 7) is 3.67. The molecule has 2 atom stereocenters. The third-order valence-electron chi connectivity index (χ3n) is 2.60. The number of aliphatic hydroxyl groups is 1. The Labute approximate surface area is 77.8 Å². The highest BCUT2D eigenvalue weighted by Gasteiger charge is 2.28. The van der Waals surface area contributed by atoms with E-state index in [0.717, 1.165) is 12.4 Å². The minimum absolute atomic E-state index is 0.206. The monoisotopic (exact) mass is 181 g/mol. The zero-order chi connectivity index (χ0) is 9.42. The average Bonchev–Trinajstić information content (AvgIpc) is 2.61. The van der Waals surface area contributed by atoms with Crippen LogP contribution in [0.25, 0.3) is 0 Å². The molecule has 0 aromatic carbocycles. The maximum Gasteiger partial charge on any atom is 0.150 e. The van der Waals surface area contributed by atoms with Crippen LogP contribution in [0, 0.1) is 5.92 Å². The largest absolute Gasteiger partial charge is 0.391 e. The molecule has 4 nitrogen and oxygen atoms in total. The van der Waals surface area contributed by atoms with Gasteiger partial charge in [0, 0.05) is 38.3 Å². The second-order valence-electron chi connectivity index (χ2n) is 3.80. The molecule has 1 saturated heterocycles. The summed E-state index contributed by atoms with van der Waals surface area (Å²) in [5.74, 6) is 1.31. The molecule has 2 unspecified atom stereocenters. The van der Waals surface area contributed by atoms with Crippen molar-refractivity contribution in [3.8, 4) is 0 Å². The Morgan fingerprint density at radius 1 is 1.54 bits per heavy atom. The molecule has 72 valence electrons. The van der Waals surface area contributed by atoms with Crippen LogP contribution in [-0.2, 0) is 7.05 Å². The number of nitrogens with zero attached hydrogens (tertiary/aromatic N) is 3. The number of rotatable bonds is 1. The van der Waals surface area contributed by atoms with E-state index in [4.69, 9.17) is 0 Å². The lowest BCUT2D eigenvalue weighted by Crippen LogP contribution is -2.21. The van der Waals surface area contributed by atoms with Crippen molar-refractivity contribution in [1.82, 2.24) is 9.78 Å². The number of aliphatic hydroxyl groups excluding tert-OH is 1. The molecule has 1 aliphatic rings. The number of β-amino-alcohol motifs (C(OH)–C–C–N with tert-alkyl or cyclic N) is 1. The minimum Gasteiger partial charge on any atom is -0.391 e. The number of hydrogen-bond donors (Lipinski definition) is 1. The number of aryl methyl sites for hydroxylation is 1. The summed E-state index contributed by atoms with van der Waals surface area (Å²) in [5, 5.41) is 13.9. The van der Waals surface area contributed by atoms with Gasteiger partial charge in [0.25, 0.3) is 0 Å². The third-order valence-corrected chi connectivity index (χ3v) is 2.60. The molecule has 0 radical (unpaired) electrons. The molecule has 1 N–H and O–H groups in total. The van der Waals surface area contributed by atoms with Gasteiger partial charge in [0.15, 0.2) is 5.82 Å². The Morgan fingerprint density at radius 3 is 2.77 bits per heavy atom. The first-order chi connectivity index (χ1) is 6.16. The van der Waals surface area contributed by atoms with Crippen molar-refractivity contribution in [2.24, 2.45) is 13.0 Å². The van der Waals surface area contributed by atoms with E-state index in [-0.39, 0.29) is 6.10 Å². The Kier molecular flexibility index (Phi) is 2.00. The lowest BCUT2D eigenvalue weighted by atomic mass is 10.1. The van der Waals surface area contributed by atoms with Gasteiger partial charge in [0.2, 0.25) is 0 Å². The van der Waals surface area contributed by atoms with Gasteiger partial charge in [-0.25, -0.2) is 0 Å². The third kappa shape index (κ3) is 1.54. The number of hydrogen-bond acceptors (Lipinski definition) is 3. The lowest BCUT2D eigenvalue weighted by molar-refractivity contribution is 0.157. The van der Waals surface area contributed by atoms with Crippen LogP contribution >= 0.6 is 0 Å². The fraction of sp³-hybridized carbons (Fsp3) is 0.667. The fourth-order valence-corrected chi connectivity index (χ4v) is 1.71. The lowest BCUT2D eigenvalue weighted by Gasteiger charge is -2.13. The number of anilines is 1. The van der Waals surface area contributed by atoms with Crippen LogP contribution in [-0.4, -0.2) is 34.1 Å². The maximum atomic E-state index is 9.56. The van der Waals surface area contributed by atoms with Gasteiger partial charge in [-0.3, -0.25) is 4.68 Å². The summed E-state index contributed by atoms with van der Waals surface area (Å²) in [6, 6.07) is 1.98. The van der Waals surface area contributed by atoms with Crippen molar-refractivity contribution in [2.75, 3.05) is 18.0 Å². The topological polar surface area (TPSA) is 41.3 Å². The normalized spacial score (nSPS) is 28.4. The molecular formula is C9H15N3O. The Hall–Kier alpha value is -1.03. The smallest absolute Gasteiger partial charge is 0.150 e. The second-order valence-corrected chi connectivity index (χ2v) is 3.80. The molecule has 0 aliphatic carbocycles. The van der Waals surface area contributed by atoms with Gasteiger partial charge in [-0.1, -0.05) is 6.92 Å². The highest BCUT2D eigenvalue weighted by atomic mass is 16.3.